The molecule has 0 radical (unpaired) electrons. The summed E-state index contributed by atoms with van der Waals surface area (Å²) in [6, 6.07) is 4.75. The number of nitriles is 1. The molecule has 166 valence electrons. The zero-order valence-corrected chi connectivity index (χ0v) is 15.9. The number of nitrogen functional groups attached to an aromatic ring is 1. The second-order valence-electron chi connectivity index (χ2n) is 6.23. The second-order valence-corrected chi connectivity index (χ2v) is 6.23. The van der Waals surface area contributed by atoms with Gasteiger partial charge in [0.1, 0.15) is 11.8 Å². The minimum Gasteiger partial charge on any atom is -0.464 e. The number of nitrogens with two attached hydrogens (primary N) is 1. The standard InChI is InChI=1S/C20H11F6N3O3/c1-31-19(30)17-15(28)9(7-27)8-29(17)16-11(21)3-2-4-14(16)32-18-12(22)5-10(6-13(18)23)20(24,25)26/h2-6,8H,28H2,1H3. The van der Waals surface area contributed by atoms with Crippen LogP contribution in [0.3, 0.4) is 0 Å². The fraction of sp³-hybridized carbons (Fsp3) is 0.100. The minimum absolute atomic E-state index is 0.0126. The van der Waals surface area contributed by atoms with Crippen molar-refractivity contribution in [2.75, 3.05) is 12.8 Å². The number of hydrogen-bond acceptors (Lipinski definition) is 5. The number of rotatable bonds is 4. The van der Waals surface area contributed by atoms with Gasteiger partial charge in [0.25, 0.3) is 0 Å². The number of carbonyl (C=O) groups excluding carboxylic acids is 1. The van der Waals surface area contributed by atoms with Gasteiger partial charge in [0.15, 0.2) is 34.6 Å². The number of methoxy groups -OCH3 is 1. The highest BCUT2D eigenvalue weighted by molar-refractivity contribution is 5.96. The van der Waals surface area contributed by atoms with Crippen molar-refractivity contribution >= 4 is 11.7 Å². The van der Waals surface area contributed by atoms with Crippen molar-refractivity contribution in [2.24, 2.45) is 0 Å². The van der Waals surface area contributed by atoms with E-state index in [-0.39, 0.29) is 23.4 Å². The summed E-state index contributed by atoms with van der Waals surface area (Å²) in [6.07, 6.45) is -4.05. The Labute approximate surface area is 176 Å². The molecule has 0 atom stereocenters. The van der Waals surface area contributed by atoms with E-state index >= 15 is 0 Å². The van der Waals surface area contributed by atoms with Crippen LogP contribution in [0.1, 0.15) is 21.6 Å². The number of anilines is 1. The molecule has 1 heterocycles. The van der Waals surface area contributed by atoms with E-state index in [9.17, 15) is 36.4 Å². The molecule has 0 amide bonds. The lowest BCUT2D eigenvalue weighted by atomic mass is 10.2. The Morgan fingerprint density at radius 3 is 2.28 bits per heavy atom. The first-order chi connectivity index (χ1) is 15.0. The van der Waals surface area contributed by atoms with E-state index in [1.54, 1.807) is 6.07 Å². The lowest BCUT2D eigenvalue weighted by Gasteiger charge is -2.16. The van der Waals surface area contributed by atoms with Crippen molar-refractivity contribution in [1.82, 2.24) is 4.57 Å². The van der Waals surface area contributed by atoms with E-state index in [2.05, 4.69) is 4.74 Å². The Bertz CT molecular complexity index is 1240. The van der Waals surface area contributed by atoms with Gasteiger partial charge in [-0.3, -0.25) is 0 Å². The Morgan fingerprint density at radius 1 is 1.12 bits per heavy atom. The van der Waals surface area contributed by atoms with Crippen molar-refractivity contribution in [3.8, 4) is 23.3 Å². The first-order valence-corrected chi connectivity index (χ1v) is 8.51. The number of aromatic nitrogens is 1. The summed E-state index contributed by atoms with van der Waals surface area (Å²) in [7, 11) is 0.997. The molecule has 3 aromatic rings. The number of alkyl halides is 3. The Hall–Kier alpha value is -4.14. The third kappa shape index (κ3) is 3.92. The quantitative estimate of drug-likeness (QED) is 0.444. The molecule has 0 spiro atoms. The Morgan fingerprint density at radius 2 is 1.75 bits per heavy atom. The molecule has 0 aliphatic rings. The number of nitrogens with zero attached hydrogens (tertiary/aromatic N) is 2. The fourth-order valence-corrected chi connectivity index (χ4v) is 2.83. The monoisotopic (exact) mass is 455 g/mol. The molecule has 6 nitrogen and oxygen atoms in total. The van der Waals surface area contributed by atoms with Gasteiger partial charge in [-0.05, 0) is 24.3 Å². The normalized spacial score (nSPS) is 11.2. The third-order valence-electron chi connectivity index (χ3n) is 4.27. The molecule has 0 saturated heterocycles. The van der Waals surface area contributed by atoms with Crippen LogP contribution in [0.15, 0.2) is 36.5 Å². The Balaban J connectivity index is 2.21. The third-order valence-corrected chi connectivity index (χ3v) is 4.27. The number of benzene rings is 2. The van der Waals surface area contributed by atoms with Crippen LogP contribution in [-0.4, -0.2) is 17.6 Å². The predicted octanol–water partition coefficient (Wildman–Crippen LogP) is 4.95. The maximum Gasteiger partial charge on any atom is 0.416 e. The minimum atomic E-state index is -5.02. The highest BCUT2D eigenvalue weighted by atomic mass is 19.4. The second kappa shape index (κ2) is 8.18. The maximum absolute atomic E-state index is 14.7. The SMILES string of the molecule is COC(=O)c1c(N)c(C#N)cn1-c1c(F)cccc1Oc1c(F)cc(C(F)(F)F)cc1F. The average molecular weight is 455 g/mol. The van der Waals surface area contributed by atoms with Gasteiger partial charge >= 0.3 is 12.1 Å². The van der Waals surface area contributed by atoms with Gasteiger partial charge in [-0.15, -0.1) is 0 Å². The molecular weight excluding hydrogens is 444 g/mol. The molecule has 32 heavy (non-hydrogen) atoms. The number of hydrogen-bond donors (Lipinski definition) is 1. The number of esters is 1. The summed E-state index contributed by atoms with van der Waals surface area (Å²) in [5.41, 5.74) is 2.48. The lowest BCUT2D eigenvalue weighted by Crippen LogP contribution is -2.13. The van der Waals surface area contributed by atoms with Crippen LogP contribution in [0.4, 0.5) is 32.0 Å². The van der Waals surface area contributed by atoms with Gasteiger partial charge in [-0.1, -0.05) is 6.07 Å². The predicted molar refractivity (Wildman–Crippen MR) is 97.6 cm³/mol. The average Bonchev–Trinajstić information content (AvgIpc) is 3.05. The van der Waals surface area contributed by atoms with Crippen molar-refractivity contribution in [3.63, 3.8) is 0 Å². The van der Waals surface area contributed by atoms with Crippen molar-refractivity contribution in [1.29, 1.82) is 5.26 Å². The summed E-state index contributed by atoms with van der Waals surface area (Å²) >= 11 is 0. The summed E-state index contributed by atoms with van der Waals surface area (Å²) < 4.78 is 91.9. The number of para-hydroxylation sites is 1. The summed E-state index contributed by atoms with van der Waals surface area (Å²) in [4.78, 5) is 12.2. The maximum atomic E-state index is 14.7. The summed E-state index contributed by atoms with van der Waals surface area (Å²) in [6.45, 7) is 0. The topological polar surface area (TPSA) is 90.3 Å². The smallest absolute Gasteiger partial charge is 0.416 e. The molecule has 2 aromatic carbocycles. The van der Waals surface area contributed by atoms with Crippen LogP contribution in [0.2, 0.25) is 0 Å². The molecule has 2 N–H and O–H groups in total. The molecule has 0 bridgehead atoms. The molecule has 0 aliphatic heterocycles. The first-order valence-electron chi connectivity index (χ1n) is 8.51. The van der Waals surface area contributed by atoms with E-state index < -0.39 is 58.0 Å². The largest absolute Gasteiger partial charge is 0.464 e. The molecule has 0 saturated carbocycles. The van der Waals surface area contributed by atoms with Crippen LogP contribution in [0.5, 0.6) is 11.5 Å². The molecular formula is C20H11F6N3O3. The van der Waals surface area contributed by atoms with Gasteiger partial charge in [0.05, 0.1) is 23.9 Å². The zero-order chi connectivity index (χ0) is 23.8. The molecule has 0 fully saturated rings. The summed E-state index contributed by atoms with van der Waals surface area (Å²) in [5.74, 6) is -7.38. The van der Waals surface area contributed by atoms with Gasteiger partial charge in [-0.2, -0.15) is 18.4 Å². The van der Waals surface area contributed by atoms with E-state index in [4.69, 9.17) is 10.5 Å². The summed E-state index contributed by atoms with van der Waals surface area (Å²) in [5, 5.41) is 9.18. The number of carbonyl (C=O) groups is 1. The zero-order valence-electron chi connectivity index (χ0n) is 15.9. The molecule has 0 unspecified atom stereocenters. The molecule has 12 heteroatoms. The molecule has 1 aromatic heterocycles. The number of ether oxygens (including phenoxy) is 2. The van der Waals surface area contributed by atoms with Crippen molar-refractivity contribution in [2.45, 2.75) is 6.18 Å². The van der Waals surface area contributed by atoms with E-state index in [0.717, 1.165) is 36.1 Å². The lowest BCUT2D eigenvalue weighted by molar-refractivity contribution is -0.138. The first kappa shape index (κ1) is 22.5. The molecule has 0 aliphatic carbocycles. The van der Waals surface area contributed by atoms with Gasteiger partial charge in [-0.25, -0.2) is 18.0 Å². The number of halogens is 6. The van der Waals surface area contributed by atoms with Crippen LogP contribution < -0.4 is 10.5 Å². The van der Waals surface area contributed by atoms with Gasteiger partial charge < -0.3 is 19.8 Å². The highest BCUT2D eigenvalue weighted by Crippen LogP contribution is 2.38. The van der Waals surface area contributed by atoms with Gasteiger partial charge in [0, 0.05) is 6.20 Å². The Kier molecular flexibility index (Phi) is 5.76. The van der Waals surface area contributed by atoms with E-state index in [1.165, 1.54) is 0 Å². The van der Waals surface area contributed by atoms with Gasteiger partial charge in [0.2, 0.25) is 0 Å². The van der Waals surface area contributed by atoms with Crippen molar-refractivity contribution < 1.29 is 40.6 Å². The van der Waals surface area contributed by atoms with E-state index in [0.29, 0.717) is 0 Å². The highest BCUT2D eigenvalue weighted by Gasteiger charge is 2.33. The van der Waals surface area contributed by atoms with Crippen LogP contribution >= 0.6 is 0 Å². The van der Waals surface area contributed by atoms with Crippen molar-refractivity contribution in [3.05, 3.63) is 70.8 Å². The van der Waals surface area contributed by atoms with E-state index in [1.807, 2.05) is 0 Å². The fourth-order valence-electron chi connectivity index (χ4n) is 2.83. The van der Waals surface area contributed by atoms with Crippen LogP contribution in [0.25, 0.3) is 5.69 Å². The molecule has 3 rings (SSSR count). The van der Waals surface area contributed by atoms with Crippen LogP contribution in [0, 0.1) is 28.8 Å². The van der Waals surface area contributed by atoms with Crippen LogP contribution in [-0.2, 0) is 10.9 Å².